The minimum absolute atomic E-state index is 0.931. The van der Waals surface area contributed by atoms with E-state index in [1.807, 2.05) is 37.3 Å². The van der Waals surface area contributed by atoms with Gasteiger partial charge in [-0.25, -0.2) is 0 Å². The van der Waals surface area contributed by atoms with E-state index in [-0.39, 0.29) is 0 Å². The lowest BCUT2D eigenvalue weighted by Crippen LogP contribution is -2.20. The first-order valence-corrected chi connectivity index (χ1v) is 7.49. The third kappa shape index (κ3) is 4.62. The molecule has 1 aromatic rings. The molecule has 0 radical (unpaired) electrons. The van der Waals surface area contributed by atoms with Crippen molar-refractivity contribution in [2.24, 2.45) is 5.10 Å². The van der Waals surface area contributed by atoms with Crippen molar-refractivity contribution >= 4 is 11.4 Å². The molecule has 0 fully saturated rings. The van der Waals surface area contributed by atoms with Crippen LogP contribution in [0.1, 0.15) is 26.7 Å². The van der Waals surface area contributed by atoms with Crippen LogP contribution in [0.5, 0.6) is 0 Å². The molecule has 2 heteroatoms. The highest BCUT2D eigenvalue weighted by Gasteiger charge is 2.06. The first-order valence-electron chi connectivity index (χ1n) is 7.49. The minimum atomic E-state index is 0.931. The van der Waals surface area contributed by atoms with Gasteiger partial charge in [0.05, 0.1) is 11.4 Å². The summed E-state index contributed by atoms with van der Waals surface area (Å²) in [7, 11) is 0. The predicted octanol–water partition coefficient (Wildman–Crippen LogP) is 4.88. The van der Waals surface area contributed by atoms with E-state index < -0.39 is 0 Å². The second-order valence-electron chi connectivity index (χ2n) is 4.98. The lowest BCUT2D eigenvalue weighted by Gasteiger charge is -2.20. The molecule has 0 amide bonds. The Kier molecular flexibility index (Phi) is 5.81. The molecular weight excluding hydrogens is 256 g/mol. The molecule has 1 aliphatic rings. The van der Waals surface area contributed by atoms with Gasteiger partial charge in [-0.05, 0) is 37.6 Å². The van der Waals surface area contributed by atoms with Gasteiger partial charge in [0.25, 0.3) is 0 Å². The topological polar surface area (TPSA) is 15.6 Å². The van der Waals surface area contributed by atoms with Gasteiger partial charge in [-0.3, -0.25) is 5.01 Å². The van der Waals surface area contributed by atoms with Crippen molar-refractivity contribution in [1.29, 1.82) is 0 Å². The summed E-state index contributed by atoms with van der Waals surface area (Å²) < 4.78 is 0. The van der Waals surface area contributed by atoms with Gasteiger partial charge in [0.15, 0.2) is 0 Å². The molecule has 0 saturated heterocycles. The Hall–Kier alpha value is -2.31. The van der Waals surface area contributed by atoms with Crippen LogP contribution in [0.25, 0.3) is 0 Å². The number of para-hydroxylation sites is 1. The summed E-state index contributed by atoms with van der Waals surface area (Å²) in [6, 6.07) is 10.3. The van der Waals surface area contributed by atoms with Crippen LogP contribution in [-0.4, -0.2) is 12.3 Å². The highest BCUT2D eigenvalue weighted by molar-refractivity contribution is 6.01. The largest absolute Gasteiger partial charge is 0.265 e. The summed E-state index contributed by atoms with van der Waals surface area (Å²) in [5, 5.41) is 6.90. The maximum atomic E-state index is 4.81. The first-order chi connectivity index (χ1) is 10.3. The highest BCUT2D eigenvalue weighted by atomic mass is 15.5. The van der Waals surface area contributed by atoms with Gasteiger partial charge in [0.2, 0.25) is 0 Å². The van der Waals surface area contributed by atoms with Crippen molar-refractivity contribution in [3.05, 3.63) is 72.0 Å². The van der Waals surface area contributed by atoms with Crippen LogP contribution in [0.3, 0.4) is 0 Å². The molecule has 0 bridgehead atoms. The van der Waals surface area contributed by atoms with Crippen molar-refractivity contribution in [3.63, 3.8) is 0 Å². The SMILES string of the molecule is CCCCN(/N=C(\C)C1=CC=CC=C=C1)c1ccccc1. The fourth-order valence-electron chi connectivity index (χ4n) is 2.06. The quantitative estimate of drug-likeness (QED) is 0.411. The second-order valence-corrected chi connectivity index (χ2v) is 4.98. The van der Waals surface area contributed by atoms with E-state index in [0.29, 0.717) is 0 Å². The molecule has 0 N–H and O–H groups in total. The molecule has 2 nitrogen and oxygen atoms in total. The van der Waals surface area contributed by atoms with E-state index in [9.17, 15) is 0 Å². The second kappa shape index (κ2) is 8.08. The number of allylic oxidation sites excluding steroid dienone is 5. The van der Waals surface area contributed by atoms with Gasteiger partial charge in [0, 0.05) is 12.1 Å². The summed E-state index contributed by atoms with van der Waals surface area (Å²) in [4.78, 5) is 0. The molecule has 21 heavy (non-hydrogen) atoms. The fraction of sp³-hybridized carbons (Fsp3) is 0.263. The van der Waals surface area contributed by atoms with Crippen molar-refractivity contribution in [1.82, 2.24) is 0 Å². The van der Waals surface area contributed by atoms with Crippen molar-refractivity contribution in [2.75, 3.05) is 11.6 Å². The number of benzene rings is 1. The number of unbranched alkanes of at least 4 members (excludes halogenated alkanes) is 1. The van der Waals surface area contributed by atoms with E-state index in [1.165, 1.54) is 0 Å². The molecule has 0 unspecified atom stereocenters. The number of nitrogens with zero attached hydrogens (tertiary/aromatic N) is 2. The average Bonchev–Trinajstić information content (AvgIpc) is 2.81. The zero-order valence-electron chi connectivity index (χ0n) is 12.8. The van der Waals surface area contributed by atoms with Gasteiger partial charge in [-0.1, -0.05) is 49.8 Å². The van der Waals surface area contributed by atoms with E-state index in [0.717, 1.165) is 36.4 Å². The summed E-state index contributed by atoms with van der Waals surface area (Å²) in [5.41, 5.74) is 6.36. The van der Waals surface area contributed by atoms with Crippen LogP contribution < -0.4 is 5.01 Å². The van der Waals surface area contributed by atoms with Crippen LogP contribution in [-0.2, 0) is 0 Å². The third-order valence-corrected chi connectivity index (χ3v) is 3.28. The molecule has 0 spiro atoms. The minimum Gasteiger partial charge on any atom is -0.265 e. The van der Waals surface area contributed by atoms with Crippen molar-refractivity contribution < 1.29 is 0 Å². The molecule has 1 aliphatic carbocycles. The number of hydrogen-bond acceptors (Lipinski definition) is 2. The molecule has 0 aromatic heterocycles. The van der Waals surface area contributed by atoms with Gasteiger partial charge in [-0.15, -0.1) is 5.73 Å². The summed E-state index contributed by atoms with van der Waals surface area (Å²) in [6.07, 6.45) is 12.2. The van der Waals surface area contributed by atoms with E-state index in [2.05, 4.69) is 48.0 Å². The standard InChI is InChI=1S/C19H22N2/c1-3-4-16-21(19-14-10-7-11-15-19)20-17(2)18-12-8-5-6-9-13-18/h5-8,10-15H,3-4,16H2,1-2H3/b20-17+. The van der Waals surface area contributed by atoms with Crippen LogP contribution in [0.15, 0.2) is 77.1 Å². The van der Waals surface area contributed by atoms with E-state index in [4.69, 9.17) is 5.10 Å². The normalized spacial score (nSPS) is 14.0. The van der Waals surface area contributed by atoms with E-state index >= 15 is 0 Å². The van der Waals surface area contributed by atoms with Crippen LogP contribution in [0.2, 0.25) is 0 Å². The van der Waals surface area contributed by atoms with Gasteiger partial charge >= 0.3 is 0 Å². The first kappa shape index (κ1) is 15.1. The molecule has 0 aliphatic heterocycles. The number of rotatable bonds is 6. The summed E-state index contributed by atoms with van der Waals surface area (Å²) in [5.74, 6) is 0. The third-order valence-electron chi connectivity index (χ3n) is 3.28. The Morgan fingerprint density at radius 1 is 1.19 bits per heavy atom. The number of hydrazone groups is 1. The number of anilines is 1. The molecular formula is C19H22N2. The van der Waals surface area contributed by atoms with Gasteiger partial charge in [0.1, 0.15) is 0 Å². The zero-order valence-corrected chi connectivity index (χ0v) is 12.8. The molecule has 0 saturated carbocycles. The van der Waals surface area contributed by atoms with Crippen LogP contribution in [0.4, 0.5) is 5.69 Å². The molecule has 2 rings (SSSR count). The molecule has 108 valence electrons. The molecule has 0 atom stereocenters. The molecule has 1 aromatic carbocycles. The fourth-order valence-corrected chi connectivity index (χ4v) is 2.06. The average molecular weight is 278 g/mol. The Labute approximate surface area is 127 Å². The summed E-state index contributed by atoms with van der Waals surface area (Å²) >= 11 is 0. The number of hydrogen-bond donors (Lipinski definition) is 0. The zero-order chi connectivity index (χ0) is 14.9. The smallest absolute Gasteiger partial charge is 0.0657 e. The van der Waals surface area contributed by atoms with Gasteiger partial charge < -0.3 is 0 Å². The molecule has 0 heterocycles. The summed E-state index contributed by atoms with van der Waals surface area (Å²) in [6.45, 7) is 5.18. The van der Waals surface area contributed by atoms with Gasteiger partial charge in [-0.2, -0.15) is 5.10 Å². The maximum Gasteiger partial charge on any atom is 0.0657 e. The van der Waals surface area contributed by atoms with Crippen molar-refractivity contribution in [3.8, 4) is 0 Å². The Morgan fingerprint density at radius 3 is 2.76 bits per heavy atom. The lowest BCUT2D eigenvalue weighted by atomic mass is 10.1. The Balaban J connectivity index is 2.25. The Morgan fingerprint density at radius 2 is 2.00 bits per heavy atom. The monoisotopic (exact) mass is 278 g/mol. The highest BCUT2D eigenvalue weighted by Crippen LogP contribution is 2.16. The van der Waals surface area contributed by atoms with Crippen LogP contribution >= 0.6 is 0 Å². The lowest BCUT2D eigenvalue weighted by molar-refractivity contribution is 0.739. The maximum absolute atomic E-state index is 4.81. The van der Waals surface area contributed by atoms with Crippen LogP contribution in [0, 0.1) is 0 Å². The van der Waals surface area contributed by atoms with E-state index in [1.54, 1.807) is 0 Å². The predicted molar refractivity (Wildman–Crippen MR) is 91.7 cm³/mol. The Bertz CT molecular complexity index is 600. The van der Waals surface area contributed by atoms with Crippen molar-refractivity contribution in [2.45, 2.75) is 26.7 Å².